The zero-order chi connectivity index (χ0) is 21.8. The summed E-state index contributed by atoms with van der Waals surface area (Å²) in [7, 11) is 1.58. The van der Waals surface area contributed by atoms with Crippen molar-refractivity contribution in [2.24, 2.45) is 0 Å². The van der Waals surface area contributed by atoms with Crippen LogP contribution in [0.25, 0.3) is 10.2 Å². The number of thiophene rings is 1. The summed E-state index contributed by atoms with van der Waals surface area (Å²) >= 11 is 2.51. The first-order valence-corrected chi connectivity index (χ1v) is 11.2. The number of nitrogens with one attached hydrogen (secondary N) is 1. The molecule has 2 aromatic carbocycles. The molecule has 1 N–H and O–H groups in total. The van der Waals surface area contributed by atoms with Gasteiger partial charge in [-0.15, -0.1) is 11.3 Å². The normalized spacial score (nSPS) is 10.9. The van der Waals surface area contributed by atoms with Crippen molar-refractivity contribution >= 4 is 44.9 Å². The van der Waals surface area contributed by atoms with Crippen molar-refractivity contribution < 1.29 is 13.9 Å². The van der Waals surface area contributed by atoms with E-state index in [0.717, 1.165) is 5.56 Å². The third-order valence-electron chi connectivity index (χ3n) is 4.49. The van der Waals surface area contributed by atoms with Crippen LogP contribution in [0.1, 0.15) is 5.56 Å². The SMILES string of the molecule is COc1ccc(NC(=O)CSc2nc3ccsc3c(=O)n2Cc2ccc(F)cc2)cc1. The number of methoxy groups -OCH3 is 1. The Morgan fingerprint density at radius 1 is 1.16 bits per heavy atom. The Labute approximate surface area is 185 Å². The summed E-state index contributed by atoms with van der Waals surface area (Å²) < 4.78 is 20.4. The van der Waals surface area contributed by atoms with E-state index >= 15 is 0 Å². The Kier molecular flexibility index (Phi) is 6.34. The van der Waals surface area contributed by atoms with Crippen LogP contribution in [0, 0.1) is 5.82 Å². The Hall–Kier alpha value is -3.17. The second-order valence-corrected chi connectivity index (χ2v) is 8.47. The number of hydrogen-bond donors (Lipinski definition) is 1. The standard InChI is InChI=1S/C22H18FN3O3S2/c1-29-17-8-6-16(7-9-17)24-19(27)13-31-22-25-18-10-11-30-20(18)21(28)26(22)12-14-2-4-15(23)5-3-14/h2-11H,12-13H2,1H3,(H,24,27). The summed E-state index contributed by atoms with van der Waals surface area (Å²) in [5, 5.41) is 5.06. The largest absolute Gasteiger partial charge is 0.497 e. The lowest BCUT2D eigenvalue weighted by Gasteiger charge is -2.12. The number of carbonyl (C=O) groups excluding carboxylic acids is 1. The minimum Gasteiger partial charge on any atom is -0.497 e. The summed E-state index contributed by atoms with van der Waals surface area (Å²) in [5.74, 6) is 0.221. The van der Waals surface area contributed by atoms with Crippen LogP contribution in [0.2, 0.25) is 0 Å². The number of anilines is 1. The second kappa shape index (κ2) is 9.32. The number of ether oxygens (including phenoxy) is 1. The van der Waals surface area contributed by atoms with E-state index < -0.39 is 0 Å². The molecular weight excluding hydrogens is 437 g/mol. The van der Waals surface area contributed by atoms with E-state index in [2.05, 4.69) is 10.3 Å². The first-order chi connectivity index (χ1) is 15.0. The fourth-order valence-electron chi connectivity index (χ4n) is 2.95. The van der Waals surface area contributed by atoms with E-state index in [0.29, 0.717) is 26.8 Å². The van der Waals surface area contributed by atoms with Crippen LogP contribution in [0.15, 0.2) is 69.9 Å². The van der Waals surface area contributed by atoms with E-state index in [1.54, 1.807) is 49.6 Å². The molecule has 31 heavy (non-hydrogen) atoms. The highest BCUT2D eigenvalue weighted by molar-refractivity contribution is 7.99. The van der Waals surface area contributed by atoms with Crippen LogP contribution >= 0.6 is 23.1 Å². The van der Waals surface area contributed by atoms with Crippen LogP contribution in [-0.4, -0.2) is 28.3 Å². The van der Waals surface area contributed by atoms with Gasteiger partial charge >= 0.3 is 0 Å². The molecule has 0 unspecified atom stereocenters. The van der Waals surface area contributed by atoms with Gasteiger partial charge in [-0.3, -0.25) is 14.2 Å². The molecule has 0 aliphatic heterocycles. The molecule has 158 valence electrons. The summed E-state index contributed by atoms with van der Waals surface area (Å²) in [6.07, 6.45) is 0. The average molecular weight is 456 g/mol. The van der Waals surface area contributed by atoms with Gasteiger partial charge < -0.3 is 10.1 Å². The number of rotatable bonds is 7. The third-order valence-corrected chi connectivity index (χ3v) is 6.36. The van der Waals surface area contributed by atoms with Crippen molar-refractivity contribution in [1.29, 1.82) is 0 Å². The fourth-order valence-corrected chi connectivity index (χ4v) is 4.52. The maximum Gasteiger partial charge on any atom is 0.272 e. The number of hydrogen-bond acceptors (Lipinski definition) is 6. The number of carbonyl (C=O) groups is 1. The van der Waals surface area contributed by atoms with Crippen molar-refractivity contribution in [2.75, 3.05) is 18.2 Å². The minimum absolute atomic E-state index is 0.0809. The van der Waals surface area contributed by atoms with E-state index in [4.69, 9.17) is 4.74 Å². The molecule has 0 fully saturated rings. The van der Waals surface area contributed by atoms with E-state index in [9.17, 15) is 14.0 Å². The van der Waals surface area contributed by atoms with Crippen LogP contribution in [0.5, 0.6) is 5.75 Å². The van der Waals surface area contributed by atoms with Gasteiger partial charge in [0.1, 0.15) is 16.3 Å². The lowest BCUT2D eigenvalue weighted by Crippen LogP contribution is -2.24. The smallest absolute Gasteiger partial charge is 0.272 e. The third kappa shape index (κ3) is 4.95. The highest BCUT2D eigenvalue weighted by Gasteiger charge is 2.15. The quantitative estimate of drug-likeness (QED) is 0.331. The first kappa shape index (κ1) is 21.1. The van der Waals surface area contributed by atoms with Crippen LogP contribution in [0.3, 0.4) is 0 Å². The zero-order valence-corrected chi connectivity index (χ0v) is 18.1. The lowest BCUT2D eigenvalue weighted by atomic mass is 10.2. The molecule has 1 amide bonds. The van der Waals surface area contributed by atoms with Gasteiger partial charge in [-0.2, -0.15) is 0 Å². The van der Waals surface area contributed by atoms with Crippen LogP contribution in [0.4, 0.5) is 10.1 Å². The topological polar surface area (TPSA) is 73.2 Å². The summed E-state index contributed by atoms with van der Waals surface area (Å²) in [6.45, 7) is 0.238. The summed E-state index contributed by atoms with van der Waals surface area (Å²) in [5.41, 5.74) is 1.84. The molecule has 0 saturated carbocycles. The highest BCUT2D eigenvalue weighted by Crippen LogP contribution is 2.22. The monoisotopic (exact) mass is 455 g/mol. The highest BCUT2D eigenvalue weighted by atomic mass is 32.2. The number of amides is 1. The van der Waals surface area contributed by atoms with Gasteiger partial charge in [-0.1, -0.05) is 23.9 Å². The summed E-state index contributed by atoms with van der Waals surface area (Å²) in [6, 6.07) is 14.8. The molecular formula is C22H18FN3O3S2. The number of halogens is 1. The van der Waals surface area contributed by atoms with Gasteiger partial charge in [0.05, 0.1) is 24.9 Å². The molecule has 9 heteroatoms. The van der Waals surface area contributed by atoms with Crippen molar-refractivity contribution in [1.82, 2.24) is 9.55 Å². The Morgan fingerprint density at radius 2 is 1.90 bits per heavy atom. The lowest BCUT2D eigenvalue weighted by molar-refractivity contribution is -0.113. The van der Waals surface area contributed by atoms with Gasteiger partial charge in [-0.05, 0) is 53.4 Å². The molecule has 0 aliphatic rings. The molecule has 0 bridgehead atoms. The van der Waals surface area contributed by atoms with E-state index in [1.807, 2.05) is 5.38 Å². The van der Waals surface area contributed by atoms with Gasteiger partial charge in [-0.25, -0.2) is 9.37 Å². The fraction of sp³-hybridized carbons (Fsp3) is 0.136. The Bertz CT molecular complexity index is 1270. The van der Waals surface area contributed by atoms with Gasteiger partial charge in [0.25, 0.3) is 5.56 Å². The molecule has 0 saturated heterocycles. The Morgan fingerprint density at radius 3 is 2.61 bits per heavy atom. The molecule has 2 aromatic heterocycles. The van der Waals surface area contributed by atoms with Gasteiger partial charge in [0, 0.05) is 5.69 Å². The van der Waals surface area contributed by atoms with Crippen LogP contribution < -0.4 is 15.6 Å². The van der Waals surface area contributed by atoms with E-state index in [-0.39, 0.29) is 29.6 Å². The number of thioether (sulfide) groups is 1. The number of aromatic nitrogens is 2. The second-order valence-electron chi connectivity index (χ2n) is 6.61. The molecule has 0 aliphatic carbocycles. The van der Waals surface area contributed by atoms with Crippen molar-refractivity contribution in [3.63, 3.8) is 0 Å². The molecule has 6 nitrogen and oxygen atoms in total. The van der Waals surface area contributed by atoms with Crippen molar-refractivity contribution in [3.05, 3.63) is 81.7 Å². The number of nitrogens with zero attached hydrogens (tertiary/aromatic N) is 2. The van der Waals surface area contributed by atoms with Crippen molar-refractivity contribution in [3.8, 4) is 5.75 Å². The maximum absolute atomic E-state index is 13.2. The molecule has 4 rings (SSSR count). The average Bonchev–Trinajstić information content (AvgIpc) is 3.25. The molecule has 2 heterocycles. The van der Waals surface area contributed by atoms with Crippen LogP contribution in [-0.2, 0) is 11.3 Å². The maximum atomic E-state index is 13.2. The van der Waals surface area contributed by atoms with Gasteiger partial charge in [0.2, 0.25) is 5.91 Å². The predicted octanol–water partition coefficient (Wildman–Crippen LogP) is 4.38. The molecule has 4 aromatic rings. The predicted molar refractivity (Wildman–Crippen MR) is 122 cm³/mol. The molecule has 0 radical (unpaired) electrons. The van der Waals surface area contributed by atoms with Crippen molar-refractivity contribution in [2.45, 2.75) is 11.7 Å². The first-order valence-electron chi connectivity index (χ1n) is 9.32. The Balaban J connectivity index is 1.54. The summed E-state index contributed by atoms with van der Waals surface area (Å²) in [4.78, 5) is 30.0. The van der Waals surface area contributed by atoms with Gasteiger partial charge in [0.15, 0.2) is 5.16 Å². The number of benzene rings is 2. The van der Waals surface area contributed by atoms with E-state index in [1.165, 1.54) is 39.8 Å². The molecule has 0 atom stereocenters. The zero-order valence-electron chi connectivity index (χ0n) is 16.5. The molecule has 0 spiro atoms. The number of fused-ring (bicyclic) bond motifs is 1. The minimum atomic E-state index is -0.340.